The van der Waals surface area contributed by atoms with E-state index in [2.05, 4.69) is 24.4 Å². The molecule has 0 bridgehead atoms. The summed E-state index contributed by atoms with van der Waals surface area (Å²) in [5, 5.41) is 2.92. The first-order chi connectivity index (χ1) is 9.17. The Kier molecular flexibility index (Phi) is 6.97. The molecular formula is C15H24N2O2. The monoisotopic (exact) mass is 264 g/mol. The van der Waals surface area contributed by atoms with E-state index in [1.165, 1.54) is 5.56 Å². The molecule has 0 saturated carbocycles. The minimum absolute atomic E-state index is 0.0902. The van der Waals surface area contributed by atoms with E-state index in [0.29, 0.717) is 25.4 Å². The molecule has 1 unspecified atom stereocenters. The van der Waals surface area contributed by atoms with Gasteiger partial charge in [-0.15, -0.1) is 0 Å². The molecule has 1 aromatic carbocycles. The van der Waals surface area contributed by atoms with Crippen molar-refractivity contribution in [3.8, 4) is 5.75 Å². The fourth-order valence-electron chi connectivity index (χ4n) is 1.88. The molecule has 0 aliphatic rings. The molecule has 0 aliphatic heterocycles. The Morgan fingerprint density at radius 2 is 2.05 bits per heavy atom. The summed E-state index contributed by atoms with van der Waals surface area (Å²) < 4.78 is 5.13. The summed E-state index contributed by atoms with van der Waals surface area (Å²) in [6, 6.07) is 8.07. The number of benzene rings is 1. The molecule has 1 atom stereocenters. The highest BCUT2D eigenvalue weighted by Crippen LogP contribution is 2.21. The van der Waals surface area contributed by atoms with Crippen LogP contribution in [0.2, 0.25) is 0 Å². The van der Waals surface area contributed by atoms with Crippen LogP contribution in [0.4, 0.5) is 0 Å². The van der Waals surface area contributed by atoms with E-state index in [-0.39, 0.29) is 5.91 Å². The third kappa shape index (κ3) is 5.75. The van der Waals surface area contributed by atoms with Crippen LogP contribution in [0, 0.1) is 0 Å². The van der Waals surface area contributed by atoms with Crippen LogP contribution in [0.1, 0.15) is 37.7 Å². The van der Waals surface area contributed by atoms with Gasteiger partial charge >= 0.3 is 0 Å². The van der Waals surface area contributed by atoms with E-state index in [1.54, 1.807) is 7.11 Å². The lowest BCUT2D eigenvalue weighted by Gasteiger charge is -2.13. The Hall–Kier alpha value is -1.55. The summed E-state index contributed by atoms with van der Waals surface area (Å²) >= 11 is 0. The van der Waals surface area contributed by atoms with Crippen LogP contribution in [0.5, 0.6) is 5.75 Å². The van der Waals surface area contributed by atoms with Crippen LogP contribution >= 0.6 is 0 Å². The highest BCUT2D eigenvalue weighted by molar-refractivity contribution is 5.75. The van der Waals surface area contributed by atoms with E-state index in [1.807, 2.05) is 12.1 Å². The molecule has 0 aliphatic carbocycles. The molecular weight excluding hydrogens is 240 g/mol. The molecule has 4 heteroatoms. The zero-order valence-electron chi connectivity index (χ0n) is 11.8. The number of amides is 1. The SMILES string of the molecule is COc1ccc(C(C)CCNC(=O)CCCN)cc1. The number of rotatable bonds is 8. The molecule has 4 nitrogen and oxygen atoms in total. The molecule has 0 saturated heterocycles. The van der Waals surface area contributed by atoms with Crippen molar-refractivity contribution in [2.75, 3.05) is 20.2 Å². The lowest BCUT2D eigenvalue weighted by molar-refractivity contribution is -0.121. The maximum absolute atomic E-state index is 11.4. The minimum Gasteiger partial charge on any atom is -0.497 e. The molecule has 1 rings (SSSR count). The topological polar surface area (TPSA) is 64.3 Å². The molecule has 0 fully saturated rings. The van der Waals surface area contributed by atoms with E-state index in [4.69, 9.17) is 10.5 Å². The second-order valence-corrected chi connectivity index (χ2v) is 4.71. The Balaban J connectivity index is 2.30. The van der Waals surface area contributed by atoms with E-state index >= 15 is 0 Å². The second kappa shape index (κ2) is 8.53. The molecule has 0 aromatic heterocycles. The van der Waals surface area contributed by atoms with Crippen molar-refractivity contribution in [1.82, 2.24) is 5.32 Å². The van der Waals surface area contributed by atoms with Crippen molar-refractivity contribution >= 4 is 5.91 Å². The van der Waals surface area contributed by atoms with E-state index in [9.17, 15) is 4.79 Å². The maximum Gasteiger partial charge on any atom is 0.220 e. The van der Waals surface area contributed by atoms with Gasteiger partial charge in [0, 0.05) is 13.0 Å². The number of hydrogen-bond donors (Lipinski definition) is 2. The first-order valence-electron chi connectivity index (χ1n) is 6.78. The normalized spacial score (nSPS) is 11.9. The average molecular weight is 264 g/mol. The minimum atomic E-state index is 0.0902. The smallest absolute Gasteiger partial charge is 0.220 e. The number of nitrogens with one attached hydrogen (secondary N) is 1. The van der Waals surface area contributed by atoms with Crippen molar-refractivity contribution in [3.63, 3.8) is 0 Å². The summed E-state index contributed by atoms with van der Waals surface area (Å²) in [5.74, 6) is 1.37. The fourth-order valence-corrected chi connectivity index (χ4v) is 1.88. The largest absolute Gasteiger partial charge is 0.497 e. The molecule has 0 spiro atoms. The quantitative estimate of drug-likeness (QED) is 0.755. The van der Waals surface area contributed by atoms with Gasteiger partial charge in [-0.3, -0.25) is 4.79 Å². The third-order valence-corrected chi connectivity index (χ3v) is 3.19. The first-order valence-corrected chi connectivity index (χ1v) is 6.78. The third-order valence-electron chi connectivity index (χ3n) is 3.19. The van der Waals surface area contributed by atoms with Crippen LogP contribution in [0.25, 0.3) is 0 Å². The summed E-state index contributed by atoms with van der Waals surface area (Å²) in [4.78, 5) is 11.4. The zero-order valence-corrected chi connectivity index (χ0v) is 11.8. The first kappa shape index (κ1) is 15.5. The predicted molar refractivity (Wildman–Crippen MR) is 77.3 cm³/mol. The molecule has 1 amide bonds. The number of hydrogen-bond acceptors (Lipinski definition) is 3. The van der Waals surface area contributed by atoms with Crippen LogP contribution in [-0.2, 0) is 4.79 Å². The summed E-state index contributed by atoms with van der Waals surface area (Å²) in [5.41, 5.74) is 6.62. The molecule has 1 aromatic rings. The van der Waals surface area contributed by atoms with Crippen LogP contribution < -0.4 is 15.8 Å². The van der Waals surface area contributed by atoms with Gasteiger partial charge in [0.05, 0.1) is 7.11 Å². The van der Waals surface area contributed by atoms with Gasteiger partial charge in [0.15, 0.2) is 0 Å². The van der Waals surface area contributed by atoms with Gasteiger partial charge in [0.1, 0.15) is 5.75 Å². The van der Waals surface area contributed by atoms with Crippen LogP contribution in [0.15, 0.2) is 24.3 Å². The van der Waals surface area contributed by atoms with Gasteiger partial charge < -0.3 is 15.8 Å². The predicted octanol–water partition coefficient (Wildman–Crippen LogP) is 2.04. The lowest BCUT2D eigenvalue weighted by atomic mass is 9.98. The molecule has 3 N–H and O–H groups in total. The molecule has 0 radical (unpaired) electrons. The van der Waals surface area contributed by atoms with Gasteiger partial charge in [-0.25, -0.2) is 0 Å². The Labute approximate surface area is 115 Å². The highest BCUT2D eigenvalue weighted by atomic mass is 16.5. The second-order valence-electron chi connectivity index (χ2n) is 4.71. The number of methoxy groups -OCH3 is 1. The molecule has 0 heterocycles. The van der Waals surface area contributed by atoms with Crippen molar-refractivity contribution in [2.24, 2.45) is 5.73 Å². The van der Waals surface area contributed by atoms with Crippen molar-refractivity contribution in [1.29, 1.82) is 0 Å². The van der Waals surface area contributed by atoms with Crippen LogP contribution in [0.3, 0.4) is 0 Å². The van der Waals surface area contributed by atoms with E-state index < -0.39 is 0 Å². The fraction of sp³-hybridized carbons (Fsp3) is 0.533. The number of nitrogens with two attached hydrogens (primary N) is 1. The van der Waals surface area contributed by atoms with E-state index in [0.717, 1.165) is 18.6 Å². The zero-order chi connectivity index (χ0) is 14.1. The highest BCUT2D eigenvalue weighted by Gasteiger charge is 2.06. The van der Waals surface area contributed by atoms with Crippen molar-refractivity contribution < 1.29 is 9.53 Å². The van der Waals surface area contributed by atoms with Gasteiger partial charge in [-0.2, -0.15) is 0 Å². The number of carbonyl (C=O) groups excluding carboxylic acids is 1. The molecule has 106 valence electrons. The van der Waals surface area contributed by atoms with Crippen molar-refractivity contribution in [2.45, 2.75) is 32.1 Å². The van der Waals surface area contributed by atoms with Crippen molar-refractivity contribution in [3.05, 3.63) is 29.8 Å². The van der Waals surface area contributed by atoms with Gasteiger partial charge in [0.2, 0.25) is 5.91 Å². The Morgan fingerprint density at radius 3 is 2.63 bits per heavy atom. The number of carbonyl (C=O) groups is 1. The summed E-state index contributed by atoms with van der Waals surface area (Å²) in [6.07, 6.45) is 2.20. The van der Waals surface area contributed by atoms with Crippen LogP contribution in [-0.4, -0.2) is 26.1 Å². The summed E-state index contributed by atoms with van der Waals surface area (Å²) in [6.45, 7) is 3.43. The van der Waals surface area contributed by atoms with Gasteiger partial charge in [-0.1, -0.05) is 19.1 Å². The summed E-state index contributed by atoms with van der Waals surface area (Å²) in [7, 11) is 1.66. The maximum atomic E-state index is 11.4. The Bertz CT molecular complexity index is 376. The molecule has 19 heavy (non-hydrogen) atoms. The number of ether oxygens (including phenoxy) is 1. The lowest BCUT2D eigenvalue weighted by Crippen LogP contribution is -2.25. The Morgan fingerprint density at radius 1 is 1.37 bits per heavy atom. The standard InChI is InChI=1S/C15H24N2O2/c1-12(9-11-17-15(18)4-3-10-16)13-5-7-14(19-2)8-6-13/h5-8,12H,3-4,9-11,16H2,1-2H3,(H,17,18). The van der Waals surface area contributed by atoms with Gasteiger partial charge in [0.25, 0.3) is 0 Å². The van der Waals surface area contributed by atoms with Gasteiger partial charge in [-0.05, 0) is 43.0 Å². The average Bonchev–Trinajstić information content (AvgIpc) is 2.45.